The molecule has 0 amide bonds. The summed E-state index contributed by atoms with van der Waals surface area (Å²) in [5, 5.41) is 6.29. The maximum absolute atomic E-state index is 11.2. The number of rotatable bonds is 5. The Kier molecular flexibility index (Phi) is 3.55. The normalized spacial score (nSPS) is 12.2. The van der Waals surface area contributed by atoms with Crippen molar-refractivity contribution in [2.45, 2.75) is 6.42 Å². The Morgan fingerprint density at radius 1 is 1.57 bits per heavy atom. The van der Waals surface area contributed by atoms with Crippen LogP contribution in [0.1, 0.15) is 5.82 Å². The third-order valence-corrected chi connectivity index (χ3v) is 3.12. The van der Waals surface area contributed by atoms with Gasteiger partial charge in [-0.2, -0.15) is 17.8 Å². The Morgan fingerprint density at radius 2 is 2.29 bits per heavy atom. The van der Waals surface area contributed by atoms with Crippen LogP contribution < -0.4 is 4.72 Å². The van der Waals surface area contributed by atoms with Gasteiger partial charge in [0, 0.05) is 27.1 Å². The van der Waals surface area contributed by atoms with Gasteiger partial charge in [-0.3, -0.25) is 5.10 Å². The molecule has 0 radical (unpaired) electrons. The predicted molar refractivity (Wildman–Crippen MR) is 50.7 cm³/mol. The summed E-state index contributed by atoms with van der Waals surface area (Å²) in [5.74, 6) is 0.659. The summed E-state index contributed by atoms with van der Waals surface area (Å²) in [6.45, 7) is 0.301. The highest BCUT2D eigenvalue weighted by atomic mass is 32.2. The molecule has 7 nitrogen and oxygen atoms in total. The molecule has 1 rings (SSSR count). The van der Waals surface area contributed by atoms with Gasteiger partial charge in [-0.05, 0) is 0 Å². The van der Waals surface area contributed by atoms with Crippen molar-refractivity contribution < 1.29 is 8.42 Å². The van der Waals surface area contributed by atoms with Crippen LogP contribution in [-0.2, 0) is 16.6 Å². The number of nitrogens with zero attached hydrogens (tertiary/aromatic N) is 3. The summed E-state index contributed by atoms with van der Waals surface area (Å²) in [7, 11) is -0.392. The fourth-order valence-electron chi connectivity index (χ4n) is 0.779. The van der Waals surface area contributed by atoms with E-state index in [2.05, 4.69) is 19.9 Å². The number of H-pyrrole nitrogens is 1. The summed E-state index contributed by atoms with van der Waals surface area (Å²) in [6.07, 6.45) is 1.88. The van der Waals surface area contributed by atoms with Gasteiger partial charge < -0.3 is 0 Å². The summed E-state index contributed by atoms with van der Waals surface area (Å²) in [4.78, 5) is 3.87. The highest BCUT2D eigenvalue weighted by Gasteiger charge is 2.11. The number of aromatic amines is 1. The van der Waals surface area contributed by atoms with Gasteiger partial charge in [-0.15, -0.1) is 0 Å². The number of aromatic nitrogens is 3. The fourth-order valence-corrected chi connectivity index (χ4v) is 1.40. The molecule has 0 aliphatic rings. The second-order valence-electron chi connectivity index (χ2n) is 2.86. The zero-order valence-corrected chi connectivity index (χ0v) is 8.87. The quantitative estimate of drug-likeness (QED) is 0.647. The molecule has 1 heterocycles. The molecule has 0 unspecified atom stereocenters. The van der Waals surface area contributed by atoms with Crippen LogP contribution in [0.15, 0.2) is 6.33 Å². The van der Waals surface area contributed by atoms with E-state index in [4.69, 9.17) is 0 Å². The van der Waals surface area contributed by atoms with Crippen molar-refractivity contribution >= 4 is 10.2 Å². The van der Waals surface area contributed by atoms with Crippen molar-refractivity contribution in [1.82, 2.24) is 24.2 Å². The minimum Gasteiger partial charge on any atom is -0.263 e. The molecule has 0 aliphatic carbocycles. The Balaban J connectivity index is 2.36. The molecule has 0 atom stereocenters. The Morgan fingerprint density at radius 3 is 2.79 bits per heavy atom. The second kappa shape index (κ2) is 4.49. The van der Waals surface area contributed by atoms with Crippen molar-refractivity contribution in [2.75, 3.05) is 20.6 Å². The average molecular weight is 219 g/mol. The molecule has 0 aromatic carbocycles. The topological polar surface area (TPSA) is 91.0 Å². The molecule has 0 bridgehead atoms. The van der Waals surface area contributed by atoms with Crippen LogP contribution >= 0.6 is 0 Å². The third kappa shape index (κ3) is 3.05. The Hall–Kier alpha value is -0.990. The van der Waals surface area contributed by atoms with Crippen molar-refractivity contribution in [3.05, 3.63) is 12.2 Å². The van der Waals surface area contributed by atoms with E-state index in [1.807, 2.05) is 0 Å². The van der Waals surface area contributed by atoms with Crippen LogP contribution in [-0.4, -0.2) is 48.5 Å². The average Bonchev–Trinajstić information content (AvgIpc) is 2.56. The lowest BCUT2D eigenvalue weighted by molar-refractivity contribution is 0.505. The molecule has 2 N–H and O–H groups in total. The zero-order chi connectivity index (χ0) is 10.6. The van der Waals surface area contributed by atoms with Crippen LogP contribution in [0.2, 0.25) is 0 Å². The largest absolute Gasteiger partial charge is 0.278 e. The Bertz CT molecular complexity index is 358. The molecule has 80 valence electrons. The lowest BCUT2D eigenvalue weighted by atomic mass is 10.4. The van der Waals surface area contributed by atoms with Crippen LogP contribution in [0.4, 0.5) is 0 Å². The number of hydrogen-bond acceptors (Lipinski definition) is 4. The van der Waals surface area contributed by atoms with Crippen molar-refractivity contribution in [2.24, 2.45) is 0 Å². The van der Waals surface area contributed by atoms with E-state index in [1.54, 1.807) is 0 Å². The van der Waals surface area contributed by atoms with Gasteiger partial charge >= 0.3 is 0 Å². The molecule has 0 saturated carbocycles. The summed E-state index contributed by atoms with van der Waals surface area (Å²) in [5.41, 5.74) is 0. The molecule has 8 heteroatoms. The molecule has 1 aromatic rings. The lowest BCUT2D eigenvalue weighted by Crippen LogP contribution is -2.36. The number of nitrogens with one attached hydrogen (secondary N) is 2. The standard InChI is InChI=1S/C6H13N5O2S/c1-11(2)14(12,13)9-4-3-6-7-5-8-10-6/h5,9H,3-4H2,1-2H3,(H,7,8,10). The maximum Gasteiger partial charge on any atom is 0.278 e. The Labute approximate surface area is 82.7 Å². The fraction of sp³-hybridized carbons (Fsp3) is 0.667. The molecule has 1 aromatic heterocycles. The monoisotopic (exact) mass is 219 g/mol. The third-order valence-electron chi connectivity index (χ3n) is 1.59. The molecule has 14 heavy (non-hydrogen) atoms. The van der Waals surface area contributed by atoms with Crippen molar-refractivity contribution in [1.29, 1.82) is 0 Å². The molecule has 0 spiro atoms. The first kappa shape index (κ1) is 11.1. The number of hydrogen-bond donors (Lipinski definition) is 2. The SMILES string of the molecule is CN(C)S(=O)(=O)NCCc1ncn[nH]1. The molecular weight excluding hydrogens is 206 g/mol. The smallest absolute Gasteiger partial charge is 0.263 e. The van der Waals surface area contributed by atoms with Crippen molar-refractivity contribution in [3.63, 3.8) is 0 Å². The van der Waals surface area contributed by atoms with E-state index < -0.39 is 10.2 Å². The molecule has 0 fully saturated rings. The lowest BCUT2D eigenvalue weighted by Gasteiger charge is -2.11. The maximum atomic E-state index is 11.2. The van der Waals surface area contributed by atoms with Gasteiger partial charge in [0.15, 0.2) is 0 Å². The van der Waals surface area contributed by atoms with E-state index in [1.165, 1.54) is 20.4 Å². The summed E-state index contributed by atoms with van der Waals surface area (Å²) in [6, 6.07) is 0. The van der Waals surface area contributed by atoms with Crippen LogP contribution in [0.25, 0.3) is 0 Å². The predicted octanol–water partition coefficient (Wildman–Crippen LogP) is -1.26. The summed E-state index contributed by atoms with van der Waals surface area (Å²) < 4.78 is 26.0. The van der Waals surface area contributed by atoms with Gasteiger partial charge in [0.25, 0.3) is 10.2 Å². The molecule has 0 aliphatic heterocycles. The first-order valence-corrected chi connectivity index (χ1v) is 5.48. The van der Waals surface area contributed by atoms with E-state index >= 15 is 0 Å². The van der Waals surface area contributed by atoms with Gasteiger partial charge in [-0.1, -0.05) is 0 Å². The highest BCUT2D eigenvalue weighted by molar-refractivity contribution is 7.87. The highest BCUT2D eigenvalue weighted by Crippen LogP contribution is 1.90. The van der Waals surface area contributed by atoms with Crippen LogP contribution in [0.3, 0.4) is 0 Å². The van der Waals surface area contributed by atoms with Crippen LogP contribution in [0, 0.1) is 0 Å². The van der Waals surface area contributed by atoms with E-state index in [0.29, 0.717) is 18.8 Å². The molecular formula is C6H13N5O2S. The van der Waals surface area contributed by atoms with E-state index in [-0.39, 0.29) is 0 Å². The minimum atomic E-state index is -3.33. The van der Waals surface area contributed by atoms with Crippen LogP contribution in [0.5, 0.6) is 0 Å². The minimum absolute atomic E-state index is 0.301. The van der Waals surface area contributed by atoms with E-state index in [0.717, 1.165) is 4.31 Å². The van der Waals surface area contributed by atoms with E-state index in [9.17, 15) is 8.42 Å². The molecule has 0 saturated heterocycles. The van der Waals surface area contributed by atoms with Gasteiger partial charge in [0.2, 0.25) is 0 Å². The first-order valence-electron chi connectivity index (χ1n) is 4.04. The first-order chi connectivity index (χ1) is 6.52. The van der Waals surface area contributed by atoms with Gasteiger partial charge in [0.1, 0.15) is 12.2 Å². The second-order valence-corrected chi connectivity index (χ2v) is 4.83. The van der Waals surface area contributed by atoms with Crippen molar-refractivity contribution in [3.8, 4) is 0 Å². The van der Waals surface area contributed by atoms with Gasteiger partial charge in [-0.25, -0.2) is 9.71 Å². The summed E-state index contributed by atoms with van der Waals surface area (Å²) >= 11 is 0. The zero-order valence-electron chi connectivity index (χ0n) is 8.06. The van der Waals surface area contributed by atoms with Gasteiger partial charge in [0.05, 0.1) is 0 Å².